The molecule has 1 aliphatic rings. The van der Waals surface area contributed by atoms with Crippen molar-refractivity contribution in [1.29, 1.82) is 0 Å². The highest BCUT2D eigenvalue weighted by molar-refractivity contribution is 7.08. The number of anilines is 1. The molecule has 14 heavy (non-hydrogen) atoms. The van der Waals surface area contributed by atoms with Gasteiger partial charge in [-0.05, 0) is 24.3 Å². The molecule has 1 N–H and O–H groups in total. The molecular formula is C10H14N2OS. The first-order valence-corrected chi connectivity index (χ1v) is 5.73. The lowest BCUT2D eigenvalue weighted by atomic mass is 10.4. The molecule has 0 aromatic carbocycles. The van der Waals surface area contributed by atoms with Gasteiger partial charge in [-0.1, -0.05) is 0 Å². The predicted molar refractivity (Wildman–Crippen MR) is 58.6 cm³/mol. The highest BCUT2D eigenvalue weighted by atomic mass is 32.1. The van der Waals surface area contributed by atoms with Crippen molar-refractivity contribution >= 4 is 22.9 Å². The third-order valence-electron chi connectivity index (χ3n) is 2.45. The second kappa shape index (κ2) is 4.00. The first kappa shape index (κ1) is 9.52. The molecule has 76 valence electrons. The summed E-state index contributed by atoms with van der Waals surface area (Å²) in [6, 6.07) is 2.49. The molecule has 1 amide bonds. The summed E-state index contributed by atoms with van der Waals surface area (Å²) >= 11 is 1.63. The third kappa shape index (κ3) is 2.26. The van der Waals surface area contributed by atoms with Crippen LogP contribution in [0.25, 0.3) is 0 Å². The van der Waals surface area contributed by atoms with Crippen LogP contribution in [0.15, 0.2) is 16.8 Å². The van der Waals surface area contributed by atoms with E-state index < -0.39 is 0 Å². The largest absolute Gasteiger partial charge is 0.375 e. The third-order valence-corrected chi connectivity index (χ3v) is 3.14. The Morgan fingerprint density at radius 3 is 3.07 bits per heavy atom. The Kier molecular flexibility index (Phi) is 2.72. The number of hydrogen-bond acceptors (Lipinski definition) is 3. The Morgan fingerprint density at radius 2 is 2.50 bits per heavy atom. The van der Waals surface area contributed by atoms with Crippen molar-refractivity contribution in [2.75, 3.05) is 18.9 Å². The van der Waals surface area contributed by atoms with E-state index >= 15 is 0 Å². The number of carbonyl (C=O) groups is 1. The molecule has 0 saturated heterocycles. The van der Waals surface area contributed by atoms with Gasteiger partial charge in [0.05, 0.1) is 6.54 Å². The number of carbonyl (C=O) groups excluding carboxylic acids is 1. The maximum absolute atomic E-state index is 11.6. The van der Waals surface area contributed by atoms with Gasteiger partial charge >= 0.3 is 0 Å². The van der Waals surface area contributed by atoms with Crippen LogP contribution in [0.5, 0.6) is 0 Å². The monoisotopic (exact) mass is 210 g/mol. The molecule has 4 heteroatoms. The van der Waals surface area contributed by atoms with Crippen molar-refractivity contribution in [3.8, 4) is 0 Å². The van der Waals surface area contributed by atoms with Crippen LogP contribution in [0.1, 0.15) is 12.8 Å². The van der Waals surface area contributed by atoms with Crippen LogP contribution in [0, 0.1) is 0 Å². The molecule has 1 aromatic rings. The minimum atomic E-state index is 0.179. The maximum atomic E-state index is 11.6. The lowest BCUT2D eigenvalue weighted by Crippen LogP contribution is -2.33. The van der Waals surface area contributed by atoms with Crippen molar-refractivity contribution in [1.82, 2.24) is 4.90 Å². The minimum Gasteiger partial charge on any atom is -0.375 e. The Hall–Kier alpha value is -1.03. The van der Waals surface area contributed by atoms with E-state index in [4.69, 9.17) is 0 Å². The van der Waals surface area contributed by atoms with Gasteiger partial charge in [-0.3, -0.25) is 4.79 Å². The molecule has 0 atom stereocenters. The molecule has 0 unspecified atom stereocenters. The Morgan fingerprint density at radius 1 is 1.71 bits per heavy atom. The van der Waals surface area contributed by atoms with Crippen molar-refractivity contribution in [3.63, 3.8) is 0 Å². The number of rotatable bonds is 4. The molecule has 0 radical (unpaired) electrons. The van der Waals surface area contributed by atoms with Crippen LogP contribution in [0.3, 0.4) is 0 Å². The van der Waals surface area contributed by atoms with Crippen LogP contribution in [-0.2, 0) is 4.79 Å². The molecule has 1 saturated carbocycles. The first-order valence-electron chi connectivity index (χ1n) is 4.79. The van der Waals surface area contributed by atoms with Crippen molar-refractivity contribution in [2.45, 2.75) is 18.9 Å². The van der Waals surface area contributed by atoms with Gasteiger partial charge in [-0.2, -0.15) is 11.3 Å². The highest BCUT2D eigenvalue weighted by Crippen LogP contribution is 2.25. The fourth-order valence-corrected chi connectivity index (χ4v) is 1.95. The first-order chi connectivity index (χ1) is 6.77. The van der Waals surface area contributed by atoms with Gasteiger partial charge < -0.3 is 10.2 Å². The summed E-state index contributed by atoms with van der Waals surface area (Å²) in [4.78, 5) is 13.4. The van der Waals surface area contributed by atoms with Crippen molar-refractivity contribution in [2.24, 2.45) is 0 Å². The molecule has 1 aromatic heterocycles. The van der Waals surface area contributed by atoms with Crippen LogP contribution < -0.4 is 5.32 Å². The Balaban J connectivity index is 1.77. The minimum absolute atomic E-state index is 0.179. The zero-order valence-corrected chi connectivity index (χ0v) is 9.01. The van der Waals surface area contributed by atoms with Crippen LogP contribution in [0.2, 0.25) is 0 Å². The number of nitrogens with one attached hydrogen (secondary N) is 1. The predicted octanol–water partition coefficient (Wildman–Crippen LogP) is 1.78. The number of likely N-dealkylation sites (N-methyl/N-ethyl adjacent to an activating group) is 1. The van der Waals surface area contributed by atoms with E-state index in [0.29, 0.717) is 12.6 Å². The second-order valence-electron chi connectivity index (χ2n) is 3.60. The van der Waals surface area contributed by atoms with Gasteiger partial charge in [-0.15, -0.1) is 0 Å². The summed E-state index contributed by atoms with van der Waals surface area (Å²) in [5.41, 5.74) is 1.03. The average molecular weight is 210 g/mol. The summed E-state index contributed by atoms with van der Waals surface area (Å²) in [5.74, 6) is 0.179. The zero-order chi connectivity index (χ0) is 9.97. The van der Waals surface area contributed by atoms with Gasteiger partial charge in [0.15, 0.2) is 0 Å². The van der Waals surface area contributed by atoms with E-state index in [-0.39, 0.29) is 5.91 Å². The van der Waals surface area contributed by atoms with Gasteiger partial charge in [0, 0.05) is 24.2 Å². The fourth-order valence-electron chi connectivity index (χ4n) is 1.33. The molecule has 2 rings (SSSR count). The van der Waals surface area contributed by atoms with Crippen LogP contribution in [0.4, 0.5) is 5.69 Å². The van der Waals surface area contributed by atoms with Crippen molar-refractivity contribution in [3.05, 3.63) is 16.8 Å². The molecule has 0 spiro atoms. The number of amides is 1. The second-order valence-corrected chi connectivity index (χ2v) is 4.38. The molecule has 1 heterocycles. The van der Waals surface area contributed by atoms with Crippen LogP contribution in [-0.4, -0.2) is 30.4 Å². The maximum Gasteiger partial charge on any atom is 0.241 e. The Labute approximate surface area is 87.7 Å². The topological polar surface area (TPSA) is 32.3 Å². The normalized spacial score (nSPS) is 15.2. The van der Waals surface area contributed by atoms with E-state index in [2.05, 4.69) is 5.32 Å². The molecule has 3 nitrogen and oxygen atoms in total. The summed E-state index contributed by atoms with van der Waals surface area (Å²) in [6.45, 7) is 0.406. The van der Waals surface area contributed by atoms with E-state index in [1.165, 1.54) is 12.8 Å². The zero-order valence-electron chi connectivity index (χ0n) is 8.19. The van der Waals surface area contributed by atoms with Gasteiger partial charge in [0.1, 0.15) is 0 Å². The van der Waals surface area contributed by atoms with Gasteiger partial charge in [0.2, 0.25) is 5.91 Å². The number of hydrogen-bond donors (Lipinski definition) is 1. The molecule has 0 bridgehead atoms. The Bertz CT molecular complexity index is 306. The van der Waals surface area contributed by atoms with E-state index in [1.807, 2.05) is 28.8 Å². The summed E-state index contributed by atoms with van der Waals surface area (Å²) in [6.07, 6.45) is 2.33. The average Bonchev–Trinajstić information content (AvgIpc) is 2.91. The smallest absolute Gasteiger partial charge is 0.241 e. The highest BCUT2D eigenvalue weighted by Gasteiger charge is 2.29. The van der Waals surface area contributed by atoms with Gasteiger partial charge in [0.25, 0.3) is 0 Å². The summed E-state index contributed by atoms with van der Waals surface area (Å²) < 4.78 is 0. The van der Waals surface area contributed by atoms with E-state index in [1.54, 1.807) is 11.3 Å². The molecular weight excluding hydrogens is 196 g/mol. The van der Waals surface area contributed by atoms with E-state index in [9.17, 15) is 4.79 Å². The number of thiophene rings is 1. The molecule has 0 aliphatic heterocycles. The standard InChI is InChI=1S/C10H14N2OS/c1-12(9-2-3-9)10(13)6-11-8-4-5-14-7-8/h4-5,7,9,11H,2-3,6H2,1H3. The molecule has 1 aliphatic carbocycles. The van der Waals surface area contributed by atoms with E-state index in [0.717, 1.165) is 5.69 Å². The van der Waals surface area contributed by atoms with Crippen LogP contribution >= 0.6 is 11.3 Å². The quantitative estimate of drug-likeness (QED) is 0.821. The summed E-state index contributed by atoms with van der Waals surface area (Å²) in [7, 11) is 1.88. The lowest BCUT2D eigenvalue weighted by Gasteiger charge is -2.16. The SMILES string of the molecule is CN(C(=O)CNc1ccsc1)C1CC1. The lowest BCUT2D eigenvalue weighted by molar-refractivity contribution is -0.128. The fraction of sp³-hybridized carbons (Fsp3) is 0.500. The van der Waals surface area contributed by atoms with Crippen molar-refractivity contribution < 1.29 is 4.79 Å². The van der Waals surface area contributed by atoms with Gasteiger partial charge in [-0.25, -0.2) is 0 Å². The summed E-state index contributed by atoms with van der Waals surface area (Å²) in [5, 5.41) is 7.11. The number of nitrogens with zero attached hydrogens (tertiary/aromatic N) is 1. The molecule has 1 fully saturated rings.